The molecule has 0 saturated carbocycles. The van der Waals surface area contributed by atoms with E-state index in [4.69, 9.17) is 5.84 Å². The first-order valence-corrected chi connectivity index (χ1v) is 8.92. The summed E-state index contributed by atoms with van der Waals surface area (Å²) < 4.78 is 15.1. The minimum atomic E-state index is -0.406. The molecular weight excluding hydrogens is 329 g/mol. The van der Waals surface area contributed by atoms with Crippen molar-refractivity contribution >= 4 is 16.7 Å². The highest BCUT2D eigenvalue weighted by Crippen LogP contribution is 2.34. The van der Waals surface area contributed by atoms with Gasteiger partial charge in [-0.2, -0.15) is 0 Å². The van der Waals surface area contributed by atoms with Crippen LogP contribution >= 0.6 is 0 Å². The van der Waals surface area contributed by atoms with Crippen LogP contribution in [0.25, 0.3) is 10.9 Å². The molecule has 1 aliphatic heterocycles. The SMILES string of the molecule is CN1CCC(c2cn(N)c3ccc(C(=O)c4cccc(F)c4)cc23)CC1. The summed E-state index contributed by atoms with van der Waals surface area (Å²) in [6, 6.07) is 11.4. The molecule has 0 aliphatic carbocycles. The molecule has 0 radical (unpaired) electrons. The first kappa shape index (κ1) is 16.8. The monoisotopic (exact) mass is 351 g/mol. The van der Waals surface area contributed by atoms with E-state index in [2.05, 4.69) is 11.9 Å². The molecule has 4 rings (SSSR count). The predicted octanol–water partition coefficient (Wildman–Crippen LogP) is 3.53. The number of nitrogens with zero attached hydrogens (tertiary/aromatic N) is 2. The first-order valence-electron chi connectivity index (χ1n) is 8.92. The highest BCUT2D eigenvalue weighted by Gasteiger charge is 2.23. The quantitative estimate of drug-likeness (QED) is 0.580. The van der Waals surface area contributed by atoms with Gasteiger partial charge in [-0.15, -0.1) is 0 Å². The van der Waals surface area contributed by atoms with Crippen LogP contribution in [0.15, 0.2) is 48.7 Å². The fourth-order valence-corrected chi connectivity index (χ4v) is 3.86. The molecule has 26 heavy (non-hydrogen) atoms. The minimum Gasteiger partial charge on any atom is -0.339 e. The Labute approximate surface area is 152 Å². The van der Waals surface area contributed by atoms with Gasteiger partial charge in [0, 0.05) is 22.7 Å². The van der Waals surface area contributed by atoms with Gasteiger partial charge < -0.3 is 10.7 Å². The molecule has 0 amide bonds. The lowest BCUT2D eigenvalue weighted by molar-refractivity contribution is 0.103. The summed E-state index contributed by atoms with van der Waals surface area (Å²) in [5.41, 5.74) is 3.03. The Bertz CT molecular complexity index is 971. The second-order valence-electron chi connectivity index (χ2n) is 7.14. The Hall–Kier alpha value is -2.66. The summed E-state index contributed by atoms with van der Waals surface area (Å²) in [7, 11) is 2.14. The number of fused-ring (bicyclic) bond motifs is 1. The van der Waals surface area contributed by atoms with Crippen molar-refractivity contribution in [2.45, 2.75) is 18.8 Å². The van der Waals surface area contributed by atoms with E-state index in [1.807, 2.05) is 18.3 Å². The second kappa shape index (κ2) is 6.57. The number of hydrogen-bond donors (Lipinski definition) is 1. The zero-order chi connectivity index (χ0) is 18.3. The number of carbonyl (C=O) groups is 1. The first-order chi connectivity index (χ1) is 12.5. The van der Waals surface area contributed by atoms with Crippen molar-refractivity contribution in [1.29, 1.82) is 0 Å². The highest BCUT2D eigenvalue weighted by atomic mass is 19.1. The maximum atomic E-state index is 13.5. The molecule has 1 aromatic heterocycles. The van der Waals surface area contributed by atoms with Crippen LogP contribution in [0.3, 0.4) is 0 Å². The van der Waals surface area contributed by atoms with Gasteiger partial charge in [-0.25, -0.2) is 4.39 Å². The number of benzene rings is 2. The van der Waals surface area contributed by atoms with Gasteiger partial charge in [0.25, 0.3) is 0 Å². The minimum absolute atomic E-state index is 0.175. The van der Waals surface area contributed by atoms with Gasteiger partial charge in [-0.05, 0) is 74.8 Å². The van der Waals surface area contributed by atoms with Gasteiger partial charge >= 0.3 is 0 Å². The van der Waals surface area contributed by atoms with Crippen LogP contribution in [-0.2, 0) is 0 Å². The summed E-state index contributed by atoms with van der Waals surface area (Å²) in [6.07, 6.45) is 4.15. The Kier molecular flexibility index (Phi) is 4.24. The van der Waals surface area contributed by atoms with E-state index in [9.17, 15) is 9.18 Å². The number of rotatable bonds is 3. The van der Waals surface area contributed by atoms with Crippen molar-refractivity contribution in [3.63, 3.8) is 0 Å². The average molecular weight is 351 g/mol. The van der Waals surface area contributed by atoms with Crippen molar-refractivity contribution in [3.8, 4) is 0 Å². The van der Waals surface area contributed by atoms with Gasteiger partial charge in [0.2, 0.25) is 0 Å². The summed E-state index contributed by atoms with van der Waals surface area (Å²) in [6.45, 7) is 2.12. The summed E-state index contributed by atoms with van der Waals surface area (Å²) in [5.74, 6) is 6.00. The van der Waals surface area contributed by atoms with E-state index in [1.54, 1.807) is 22.9 Å². The van der Waals surface area contributed by atoms with Crippen LogP contribution in [0.4, 0.5) is 4.39 Å². The standard InChI is InChI=1S/C21H22FN3O/c1-24-9-7-14(8-10-24)19-13-25(23)20-6-5-16(12-18(19)20)21(26)15-3-2-4-17(22)11-15/h2-6,11-14H,7-10,23H2,1H3. The second-order valence-corrected chi connectivity index (χ2v) is 7.14. The predicted molar refractivity (Wildman–Crippen MR) is 101 cm³/mol. The molecule has 3 aromatic rings. The van der Waals surface area contributed by atoms with E-state index in [1.165, 1.54) is 17.7 Å². The lowest BCUT2D eigenvalue weighted by Crippen LogP contribution is -2.29. The highest BCUT2D eigenvalue weighted by molar-refractivity contribution is 6.10. The lowest BCUT2D eigenvalue weighted by Gasteiger charge is -2.28. The van der Waals surface area contributed by atoms with Crippen LogP contribution in [0.5, 0.6) is 0 Å². The van der Waals surface area contributed by atoms with Gasteiger partial charge in [0.1, 0.15) is 5.82 Å². The zero-order valence-corrected chi connectivity index (χ0v) is 14.8. The molecule has 2 heterocycles. The molecule has 2 N–H and O–H groups in total. The summed E-state index contributed by atoms with van der Waals surface area (Å²) in [5, 5.41) is 1.02. The Morgan fingerprint density at radius 3 is 2.58 bits per heavy atom. The van der Waals surface area contributed by atoms with Crippen LogP contribution < -0.4 is 5.84 Å². The normalized spacial score (nSPS) is 16.2. The molecule has 0 atom stereocenters. The Balaban J connectivity index is 1.74. The van der Waals surface area contributed by atoms with E-state index in [0.29, 0.717) is 17.0 Å². The molecular formula is C21H22FN3O. The molecule has 0 spiro atoms. The van der Waals surface area contributed by atoms with Crippen molar-refractivity contribution in [1.82, 2.24) is 9.58 Å². The molecule has 4 nitrogen and oxygen atoms in total. The zero-order valence-electron chi connectivity index (χ0n) is 14.8. The topological polar surface area (TPSA) is 51.3 Å². The van der Waals surface area contributed by atoms with E-state index < -0.39 is 5.82 Å². The third-order valence-corrected chi connectivity index (χ3v) is 5.37. The smallest absolute Gasteiger partial charge is 0.193 e. The van der Waals surface area contributed by atoms with Gasteiger partial charge in [-0.1, -0.05) is 12.1 Å². The van der Waals surface area contributed by atoms with Gasteiger partial charge in [0.15, 0.2) is 5.78 Å². The van der Waals surface area contributed by atoms with Crippen LogP contribution in [0.1, 0.15) is 40.2 Å². The maximum absolute atomic E-state index is 13.5. The molecule has 5 heteroatoms. The van der Waals surface area contributed by atoms with Crippen molar-refractivity contribution in [2.24, 2.45) is 0 Å². The van der Waals surface area contributed by atoms with Crippen molar-refractivity contribution < 1.29 is 9.18 Å². The molecule has 0 unspecified atom stereocenters. The maximum Gasteiger partial charge on any atom is 0.193 e. The molecule has 0 bridgehead atoms. The van der Waals surface area contributed by atoms with Gasteiger partial charge in [-0.3, -0.25) is 9.47 Å². The number of nitrogen functional groups attached to an aromatic ring is 1. The largest absolute Gasteiger partial charge is 0.339 e. The third kappa shape index (κ3) is 2.99. The number of halogens is 1. The Morgan fingerprint density at radius 2 is 1.85 bits per heavy atom. The van der Waals surface area contributed by atoms with Crippen LogP contribution in [0, 0.1) is 5.82 Å². The number of likely N-dealkylation sites (tertiary alicyclic amines) is 1. The number of ketones is 1. The lowest BCUT2D eigenvalue weighted by atomic mass is 9.88. The van der Waals surface area contributed by atoms with Crippen molar-refractivity contribution in [2.75, 3.05) is 26.0 Å². The van der Waals surface area contributed by atoms with Gasteiger partial charge in [0.05, 0.1) is 5.52 Å². The molecule has 1 fully saturated rings. The Morgan fingerprint density at radius 1 is 1.12 bits per heavy atom. The molecule has 134 valence electrons. The summed E-state index contributed by atoms with van der Waals surface area (Å²) >= 11 is 0. The fraction of sp³-hybridized carbons (Fsp3) is 0.286. The molecule has 1 aliphatic rings. The third-order valence-electron chi connectivity index (χ3n) is 5.37. The number of nitrogens with two attached hydrogens (primary N) is 1. The number of hydrogen-bond acceptors (Lipinski definition) is 3. The van der Waals surface area contributed by atoms with E-state index >= 15 is 0 Å². The molecule has 1 saturated heterocycles. The number of carbonyl (C=O) groups excluding carboxylic acids is 1. The van der Waals surface area contributed by atoms with Crippen LogP contribution in [0.2, 0.25) is 0 Å². The van der Waals surface area contributed by atoms with E-state index in [0.717, 1.165) is 36.8 Å². The fourth-order valence-electron chi connectivity index (χ4n) is 3.86. The summed E-state index contributed by atoms with van der Waals surface area (Å²) in [4.78, 5) is 15.1. The van der Waals surface area contributed by atoms with E-state index in [-0.39, 0.29) is 5.78 Å². The average Bonchev–Trinajstić information content (AvgIpc) is 2.98. The number of piperidine rings is 1. The number of aromatic nitrogens is 1. The molecule has 2 aromatic carbocycles. The van der Waals surface area contributed by atoms with Crippen molar-refractivity contribution in [3.05, 3.63) is 71.2 Å². The van der Waals surface area contributed by atoms with Crippen LogP contribution in [-0.4, -0.2) is 35.5 Å².